The van der Waals surface area contributed by atoms with E-state index in [0.29, 0.717) is 29.6 Å². The van der Waals surface area contributed by atoms with Gasteiger partial charge in [-0.15, -0.1) is 0 Å². The number of carbonyl (C=O) groups is 1. The number of esters is 1. The Bertz CT molecular complexity index is 710. The predicted octanol–water partition coefficient (Wildman–Crippen LogP) is 3.33. The molecule has 0 spiro atoms. The van der Waals surface area contributed by atoms with Crippen LogP contribution in [-0.4, -0.2) is 31.8 Å². The summed E-state index contributed by atoms with van der Waals surface area (Å²) in [6, 6.07) is 9.23. The van der Waals surface area contributed by atoms with Crippen LogP contribution in [0.15, 0.2) is 36.5 Å². The van der Waals surface area contributed by atoms with Gasteiger partial charge >= 0.3 is 5.97 Å². The third-order valence-corrected chi connectivity index (χ3v) is 3.83. The smallest absolute Gasteiger partial charge is 0.357 e. The van der Waals surface area contributed by atoms with Gasteiger partial charge in [0.05, 0.1) is 20.8 Å². The van der Waals surface area contributed by atoms with Crippen LogP contribution in [0, 0.1) is 5.92 Å². The molecule has 0 saturated heterocycles. The molecule has 0 aliphatic heterocycles. The molecule has 2 aromatic rings. The number of carbonyl (C=O) groups excluding carboxylic acids is 1. The summed E-state index contributed by atoms with van der Waals surface area (Å²) >= 11 is 0. The van der Waals surface area contributed by atoms with Crippen molar-refractivity contribution in [1.29, 1.82) is 0 Å². The van der Waals surface area contributed by atoms with Crippen LogP contribution in [0.25, 0.3) is 11.1 Å². The third-order valence-electron chi connectivity index (χ3n) is 3.83. The van der Waals surface area contributed by atoms with Gasteiger partial charge in [-0.05, 0) is 42.5 Å². The van der Waals surface area contributed by atoms with Crippen LogP contribution in [-0.2, 0) is 4.74 Å². The van der Waals surface area contributed by atoms with Crippen LogP contribution in [0.1, 0.15) is 23.3 Å². The summed E-state index contributed by atoms with van der Waals surface area (Å²) in [6.07, 6.45) is 4.01. The van der Waals surface area contributed by atoms with Crippen molar-refractivity contribution < 1.29 is 19.0 Å². The van der Waals surface area contributed by atoms with Crippen molar-refractivity contribution in [2.45, 2.75) is 12.8 Å². The molecule has 1 heterocycles. The topological polar surface area (TPSA) is 57.7 Å². The minimum Gasteiger partial charge on any atom is -0.493 e. The Kier molecular flexibility index (Phi) is 4.46. The molecular formula is C18H19NO4. The molecule has 120 valence electrons. The van der Waals surface area contributed by atoms with Crippen molar-refractivity contribution in [1.82, 2.24) is 4.98 Å². The lowest BCUT2D eigenvalue weighted by atomic mass is 10.0. The monoisotopic (exact) mass is 313 g/mol. The molecule has 5 heteroatoms. The molecule has 5 nitrogen and oxygen atoms in total. The minimum absolute atomic E-state index is 0.285. The summed E-state index contributed by atoms with van der Waals surface area (Å²) in [6.45, 7) is 0.691. The van der Waals surface area contributed by atoms with Crippen molar-refractivity contribution in [3.8, 4) is 22.6 Å². The highest BCUT2D eigenvalue weighted by Crippen LogP contribution is 2.36. The molecule has 23 heavy (non-hydrogen) atoms. The maximum Gasteiger partial charge on any atom is 0.357 e. The van der Waals surface area contributed by atoms with Gasteiger partial charge in [0.25, 0.3) is 0 Å². The van der Waals surface area contributed by atoms with Crippen molar-refractivity contribution in [3.63, 3.8) is 0 Å². The molecule has 1 fully saturated rings. The highest BCUT2D eigenvalue weighted by molar-refractivity contribution is 5.95. The van der Waals surface area contributed by atoms with E-state index < -0.39 is 5.97 Å². The average Bonchev–Trinajstić information content (AvgIpc) is 3.43. The molecule has 0 amide bonds. The molecule has 1 aromatic heterocycles. The Labute approximate surface area is 135 Å². The van der Waals surface area contributed by atoms with Gasteiger partial charge in [0.2, 0.25) is 0 Å². The largest absolute Gasteiger partial charge is 0.493 e. The first-order chi connectivity index (χ1) is 11.2. The van der Waals surface area contributed by atoms with Gasteiger partial charge < -0.3 is 14.2 Å². The van der Waals surface area contributed by atoms with Crippen LogP contribution in [0.3, 0.4) is 0 Å². The zero-order valence-electron chi connectivity index (χ0n) is 13.2. The maximum absolute atomic E-state index is 11.9. The summed E-state index contributed by atoms with van der Waals surface area (Å²) in [5, 5.41) is 0. The highest BCUT2D eigenvalue weighted by Gasteiger charge is 2.23. The van der Waals surface area contributed by atoms with Gasteiger partial charge in [-0.1, -0.05) is 12.1 Å². The van der Waals surface area contributed by atoms with E-state index in [9.17, 15) is 4.79 Å². The molecule has 1 aromatic carbocycles. The summed E-state index contributed by atoms with van der Waals surface area (Å²) in [4.78, 5) is 16.0. The van der Waals surface area contributed by atoms with Crippen LogP contribution in [0.5, 0.6) is 11.5 Å². The van der Waals surface area contributed by atoms with Crippen LogP contribution in [0.2, 0.25) is 0 Å². The van der Waals surface area contributed by atoms with E-state index in [-0.39, 0.29) is 5.69 Å². The number of methoxy groups -OCH3 is 2. The van der Waals surface area contributed by atoms with Crippen molar-refractivity contribution in [2.75, 3.05) is 20.8 Å². The molecule has 1 aliphatic rings. The first-order valence-corrected chi connectivity index (χ1v) is 7.57. The SMILES string of the molecule is COC(=O)c1ncccc1-c1ccc(OC)c(OCC2CC2)c1. The predicted molar refractivity (Wildman–Crippen MR) is 85.8 cm³/mol. The van der Waals surface area contributed by atoms with E-state index in [4.69, 9.17) is 14.2 Å². The van der Waals surface area contributed by atoms with Gasteiger partial charge in [-0.25, -0.2) is 9.78 Å². The molecule has 1 saturated carbocycles. The number of hydrogen-bond donors (Lipinski definition) is 0. The standard InChI is InChI=1S/C18H19NO4/c1-21-15-8-7-13(10-16(15)23-11-12-5-6-12)14-4-3-9-19-17(14)18(20)22-2/h3-4,7-10,12H,5-6,11H2,1-2H3. The first kappa shape index (κ1) is 15.3. The van der Waals surface area contributed by atoms with Crippen molar-refractivity contribution in [3.05, 3.63) is 42.2 Å². The Morgan fingerprint density at radius 1 is 1.22 bits per heavy atom. The van der Waals surface area contributed by atoms with Gasteiger partial charge in [0.1, 0.15) is 0 Å². The highest BCUT2D eigenvalue weighted by atomic mass is 16.5. The third kappa shape index (κ3) is 3.44. The molecule has 0 N–H and O–H groups in total. The van der Waals surface area contributed by atoms with Gasteiger partial charge in [0.15, 0.2) is 17.2 Å². The Hall–Kier alpha value is -2.56. The zero-order valence-corrected chi connectivity index (χ0v) is 13.2. The summed E-state index contributed by atoms with van der Waals surface area (Å²) < 4.78 is 16.0. The minimum atomic E-state index is -0.461. The Morgan fingerprint density at radius 3 is 2.74 bits per heavy atom. The molecule has 1 aliphatic carbocycles. The number of nitrogens with zero attached hydrogens (tertiary/aromatic N) is 1. The fourth-order valence-corrected chi connectivity index (χ4v) is 2.35. The van der Waals surface area contributed by atoms with Gasteiger partial charge in [0, 0.05) is 11.8 Å². The maximum atomic E-state index is 11.9. The number of pyridine rings is 1. The Balaban J connectivity index is 1.96. The lowest BCUT2D eigenvalue weighted by Crippen LogP contribution is -2.06. The van der Waals surface area contributed by atoms with E-state index in [1.165, 1.54) is 20.0 Å². The average molecular weight is 313 g/mol. The van der Waals surface area contributed by atoms with E-state index in [1.807, 2.05) is 24.3 Å². The van der Waals surface area contributed by atoms with E-state index in [2.05, 4.69) is 4.98 Å². The number of ether oxygens (including phenoxy) is 3. The molecule has 0 radical (unpaired) electrons. The van der Waals surface area contributed by atoms with E-state index in [0.717, 1.165) is 5.56 Å². The lowest BCUT2D eigenvalue weighted by molar-refractivity contribution is 0.0595. The van der Waals surface area contributed by atoms with Crippen molar-refractivity contribution >= 4 is 5.97 Å². The molecule has 0 bridgehead atoms. The molecule has 0 atom stereocenters. The lowest BCUT2D eigenvalue weighted by Gasteiger charge is -2.13. The second-order valence-electron chi connectivity index (χ2n) is 5.51. The van der Waals surface area contributed by atoms with Crippen LogP contribution in [0.4, 0.5) is 0 Å². The number of hydrogen-bond acceptors (Lipinski definition) is 5. The number of benzene rings is 1. The fraction of sp³-hybridized carbons (Fsp3) is 0.333. The number of rotatable bonds is 6. The van der Waals surface area contributed by atoms with Crippen LogP contribution < -0.4 is 9.47 Å². The van der Waals surface area contributed by atoms with Crippen LogP contribution >= 0.6 is 0 Å². The molecule has 0 unspecified atom stereocenters. The van der Waals surface area contributed by atoms with Gasteiger partial charge in [-0.3, -0.25) is 0 Å². The van der Waals surface area contributed by atoms with E-state index in [1.54, 1.807) is 19.4 Å². The molecule has 3 rings (SSSR count). The second kappa shape index (κ2) is 6.69. The normalized spacial score (nSPS) is 13.5. The second-order valence-corrected chi connectivity index (χ2v) is 5.51. The molecular weight excluding hydrogens is 294 g/mol. The summed E-state index contributed by atoms with van der Waals surface area (Å²) in [5.74, 6) is 1.54. The first-order valence-electron chi connectivity index (χ1n) is 7.57. The summed E-state index contributed by atoms with van der Waals surface area (Å²) in [5.41, 5.74) is 1.83. The van der Waals surface area contributed by atoms with Gasteiger partial charge in [-0.2, -0.15) is 0 Å². The van der Waals surface area contributed by atoms with Crippen molar-refractivity contribution in [2.24, 2.45) is 5.92 Å². The zero-order chi connectivity index (χ0) is 16.2. The Morgan fingerprint density at radius 2 is 2.04 bits per heavy atom. The number of aromatic nitrogens is 1. The summed E-state index contributed by atoms with van der Waals surface area (Å²) in [7, 11) is 2.96. The van der Waals surface area contributed by atoms with E-state index >= 15 is 0 Å². The fourth-order valence-electron chi connectivity index (χ4n) is 2.35. The quantitative estimate of drug-likeness (QED) is 0.766.